The van der Waals surface area contributed by atoms with Gasteiger partial charge < -0.3 is 9.47 Å². The van der Waals surface area contributed by atoms with E-state index in [1.165, 1.54) is 7.11 Å². The maximum Gasteiger partial charge on any atom is 0.237 e. The molecule has 2 aliphatic rings. The zero-order valence-corrected chi connectivity index (χ0v) is 10.9. The summed E-state index contributed by atoms with van der Waals surface area (Å²) in [4.78, 5) is 24.2. The molecule has 0 amide bonds. The Balaban J connectivity index is 2.46. The Bertz CT molecular complexity index is 692. The van der Waals surface area contributed by atoms with Gasteiger partial charge in [0.15, 0.2) is 0 Å². The van der Waals surface area contributed by atoms with E-state index in [1.807, 2.05) is 13.0 Å². The standard InChI is InChI=1S/C15H12O4/c1-7-6-19-15-8(2)13(16)14(17)12-10(18-3)5-4-9(7)11(12)15/h4-6H,1-3H3. The Labute approximate surface area is 110 Å². The molecule has 4 nitrogen and oxygen atoms in total. The molecule has 0 atom stereocenters. The Morgan fingerprint density at radius 2 is 1.79 bits per heavy atom. The highest BCUT2D eigenvalue weighted by atomic mass is 16.5. The van der Waals surface area contributed by atoms with Crippen molar-refractivity contribution in [3.63, 3.8) is 0 Å². The number of benzene rings is 1. The van der Waals surface area contributed by atoms with Crippen LogP contribution >= 0.6 is 0 Å². The minimum absolute atomic E-state index is 0.304. The van der Waals surface area contributed by atoms with Gasteiger partial charge in [0.2, 0.25) is 11.6 Å². The minimum Gasteiger partial charge on any atom is -0.496 e. The van der Waals surface area contributed by atoms with Crippen molar-refractivity contribution in [2.45, 2.75) is 13.8 Å². The third-order valence-electron chi connectivity index (χ3n) is 3.51. The molecule has 0 bridgehead atoms. The first-order chi connectivity index (χ1) is 9.06. The number of hydrogen-bond acceptors (Lipinski definition) is 4. The second-order valence-corrected chi connectivity index (χ2v) is 4.60. The molecule has 4 heteroatoms. The molecule has 1 aromatic carbocycles. The summed E-state index contributed by atoms with van der Waals surface area (Å²) in [7, 11) is 1.48. The molecular weight excluding hydrogens is 244 g/mol. The average Bonchev–Trinajstić information content (AvgIpc) is 2.43. The van der Waals surface area contributed by atoms with Crippen LogP contribution in [0.1, 0.15) is 35.3 Å². The van der Waals surface area contributed by atoms with E-state index in [0.717, 1.165) is 11.1 Å². The molecule has 1 heterocycles. The molecular formula is C15H12O4. The molecule has 19 heavy (non-hydrogen) atoms. The van der Waals surface area contributed by atoms with E-state index in [2.05, 4.69) is 0 Å². The molecule has 96 valence electrons. The van der Waals surface area contributed by atoms with Crippen LogP contribution in [-0.4, -0.2) is 18.7 Å². The van der Waals surface area contributed by atoms with Crippen LogP contribution in [0.15, 0.2) is 24.0 Å². The summed E-state index contributed by atoms with van der Waals surface area (Å²) in [6.07, 6.45) is 1.60. The first-order valence-corrected chi connectivity index (χ1v) is 5.91. The van der Waals surface area contributed by atoms with Crippen LogP contribution in [0.3, 0.4) is 0 Å². The maximum absolute atomic E-state index is 12.2. The Morgan fingerprint density at radius 1 is 1.05 bits per heavy atom. The van der Waals surface area contributed by atoms with E-state index >= 15 is 0 Å². The molecule has 0 unspecified atom stereocenters. The lowest BCUT2D eigenvalue weighted by Gasteiger charge is -2.26. The zero-order chi connectivity index (χ0) is 13.7. The van der Waals surface area contributed by atoms with Crippen LogP contribution in [0.25, 0.3) is 11.3 Å². The highest BCUT2D eigenvalue weighted by Gasteiger charge is 2.37. The van der Waals surface area contributed by atoms with Gasteiger partial charge in [0.1, 0.15) is 11.5 Å². The molecule has 1 aliphatic heterocycles. The van der Waals surface area contributed by atoms with Crippen molar-refractivity contribution >= 4 is 22.9 Å². The fourth-order valence-corrected chi connectivity index (χ4v) is 2.48. The SMILES string of the molecule is COc1ccc2c3c1C(=O)C(=O)C(C)=C3OC=C2C. The van der Waals surface area contributed by atoms with Crippen molar-refractivity contribution < 1.29 is 19.1 Å². The van der Waals surface area contributed by atoms with E-state index in [0.29, 0.717) is 28.2 Å². The van der Waals surface area contributed by atoms with Crippen molar-refractivity contribution in [1.82, 2.24) is 0 Å². The highest BCUT2D eigenvalue weighted by Crippen LogP contribution is 2.42. The molecule has 0 N–H and O–H groups in total. The smallest absolute Gasteiger partial charge is 0.237 e. The molecule has 0 fully saturated rings. The lowest BCUT2D eigenvalue weighted by Crippen LogP contribution is -2.25. The molecule has 3 rings (SSSR count). The zero-order valence-electron chi connectivity index (χ0n) is 10.9. The number of methoxy groups -OCH3 is 1. The van der Waals surface area contributed by atoms with Crippen LogP contribution in [0.5, 0.6) is 5.75 Å². The van der Waals surface area contributed by atoms with Crippen LogP contribution < -0.4 is 4.74 Å². The summed E-state index contributed by atoms with van der Waals surface area (Å²) in [6, 6.07) is 3.59. The molecule has 0 saturated carbocycles. The number of rotatable bonds is 1. The van der Waals surface area contributed by atoms with Gasteiger partial charge in [-0.25, -0.2) is 0 Å². The number of hydrogen-bond donors (Lipinski definition) is 0. The summed E-state index contributed by atoms with van der Waals surface area (Å²) in [5.74, 6) is -0.210. The quantitative estimate of drug-likeness (QED) is 0.725. The fraction of sp³-hybridized carbons (Fsp3) is 0.200. The summed E-state index contributed by atoms with van der Waals surface area (Å²) in [6.45, 7) is 3.51. The number of ketones is 2. The van der Waals surface area contributed by atoms with E-state index in [1.54, 1.807) is 19.3 Å². The lowest BCUT2D eigenvalue weighted by atomic mass is 9.83. The van der Waals surface area contributed by atoms with E-state index in [4.69, 9.17) is 9.47 Å². The third-order valence-corrected chi connectivity index (χ3v) is 3.51. The van der Waals surface area contributed by atoms with Gasteiger partial charge in [0.05, 0.1) is 18.9 Å². The number of carbonyl (C=O) groups excluding carboxylic acids is 2. The van der Waals surface area contributed by atoms with Gasteiger partial charge in [-0.1, -0.05) is 6.07 Å². The number of carbonyl (C=O) groups is 2. The first kappa shape index (κ1) is 11.7. The van der Waals surface area contributed by atoms with E-state index < -0.39 is 11.6 Å². The predicted octanol–water partition coefficient (Wildman–Crippen LogP) is 2.58. The highest BCUT2D eigenvalue weighted by molar-refractivity contribution is 6.52. The summed E-state index contributed by atoms with van der Waals surface area (Å²) in [5, 5.41) is 0. The van der Waals surface area contributed by atoms with Crippen LogP contribution in [0, 0.1) is 0 Å². The molecule has 0 aromatic heterocycles. The van der Waals surface area contributed by atoms with Gasteiger partial charge in [-0.15, -0.1) is 0 Å². The molecule has 0 radical (unpaired) electrons. The lowest BCUT2D eigenvalue weighted by molar-refractivity contribution is -0.111. The van der Waals surface area contributed by atoms with Gasteiger partial charge in [-0.2, -0.15) is 0 Å². The topological polar surface area (TPSA) is 52.6 Å². The first-order valence-electron chi connectivity index (χ1n) is 5.91. The van der Waals surface area contributed by atoms with E-state index in [9.17, 15) is 9.59 Å². The number of allylic oxidation sites excluding steroid dienone is 2. The Morgan fingerprint density at radius 3 is 2.47 bits per heavy atom. The Kier molecular flexibility index (Phi) is 2.35. The van der Waals surface area contributed by atoms with Crippen molar-refractivity contribution in [3.8, 4) is 5.75 Å². The molecule has 0 spiro atoms. The average molecular weight is 256 g/mol. The van der Waals surface area contributed by atoms with Crippen molar-refractivity contribution in [1.29, 1.82) is 0 Å². The number of Topliss-reactive ketones (excluding diaryl/α,β-unsaturated/α-hetero) is 2. The monoisotopic (exact) mass is 256 g/mol. The largest absolute Gasteiger partial charge is 0.496 e. The third kappa shape index (κ3) is 1.40. The van der Waals surface area contributed by atoms with Crippen LogP contribution in [-0.2, 0) is 9.53 Å². The van der Waals surface area contributed by atoms with Gasteiger partial charge in [0.25, 0.3) is 0 Å². The van der Waals surface area contributed by atoms with Gasteiger partial charge in [0, 0.05) is 11.1 Å². The number of ether oxygens (including phenoxy) is 2. The second-order valence-electron chi connectivity index (χ2n) is 4.60. The van der Waals surface area contributed by atoms with Gasteiger partial charge in [-0.05, 0) is 31.1 Å². The van der Waals surface area contributed by atoms with Crippen LogP contribution in [0.4, 0.5) is 0 Å². The van der Waals surface area contributed by atoms with Crippen molar-refractivity contribution in [3.05, 3.63) is 40.7 Å². The summed E-state index contributed by atoms with van der Waals surface area (Å²) in [5.41, 5.74) is 3.13. The van der Waals surface area contributed by atoms with Crippen molar-refractivity contribution in [2.75, 3.05) is 7.11 Å². The second kappa shape index (κ2) is 3.82. The minimum atomic E-state index is -0.536. The summed E-state index contributed by atoms with van der Waals surface area (Å²) >= 11 is 0. The molecule has 0 saturated heterocycles. The molecule has 1 aromatic rings. The van der Waals surface area contributed by atoms with E-state index in [-0.39, 0.29) is 0 Å². The normalized spacial score (nSPS) is 16.9. The maximum atomic E-state index is 12.2. The fourth-order valence-electron chi connectivity index (χ4n) is 2.48. The predicted molar refractivity (Wildman–Crippen MR) is 69.7 cm³/mol. The molecule has 1 aliphatic carbocycles. The Hall–Kier alpha value is -2.36. The van der Waals surface area contributed by atoms with Crippen molar-refractivity contribution in [2.24, 2.45) is 0 Å². The van der Waals surface area contributed by atoms with Gasteiger partial charge >= 0.3 is 0 Å². The van der Waals surface area contributed by atoms with Gasteiger partial charge in [-0.3, -0.25) is 9.59 Å². The van der Waals surface area contributed by atoms with Crippen LogP contribution in [0.2, 0.25) is 0 Å². The summed E-state index contributed by atoms with van der Waals surface area (Å²) < 4.78 is 10.7.